The molecule has 1 N–H and O–H groups in total. The third-order valence-electron chi connectivity index (χ3n) is 5.15. The summed E-state index contributed by atoms with van der Waals surface area (Å²) >= 11 is 0. The van der Waals surface area contributed by atoms with E-state index in [4.69, 9.17) is 0 Å². The van der Waals surface area contributed by atoms with Crippen LogP contribution in [-0.2, 0) is 0 Å². The molecular weight excluding hydrogens is 330 g/mol. The van der Waals surface area contributed by atoms with E-state index in [0.29, 0.717) is 23.3 Å². The van der Waals surface area contributed by atoms with Gasteiger partial charge in [-0.15, -0.1) is 0 Å². The number of nitrogens with zero attached hydrogens (tertiary/aromatic N) is 4. The van der Waals surface area contributed by atoms with Crippen molar-refractivity contribution >= 4 is 11.6 Å². The minimum absolute atomic E-state index is 0.0107. The van der Waals surface area contributed by atoms with Crippen molar-refractivity contribution in [1.82, 2.24) is 24.5 Å². The van der Waals surface area contributed by atoms with Crippen LogP contribution >= 0.6 is 0 Å². The number of fused-ring (bicyclic) bond motifs is 1. The van der Waals surface area contributed by atoms with Gasteiger partial charge in [0.25, 0.3) is 11.5 Å². The first-order chi connectivity index (χ1) is 12.6. The lowest BCUT2D eigenvalue weighted by molar-refractivity contribution is 0.0605. The molecule has 4 rings (SSSR count). The quantitative estimate of drug-likeness (QED) is 0.768. The standard InChI is InChI=1S/C19H21N5O2/c1-12-13(2)21-17-11-15(22-24(17)18(12)25)16-5-3-4-10-23(16)19(26)14-6-8-20-9-7-14/h6-9,11,16,22H,3-5,10H2,1-2H3/t16-/m0/s1. The van der Waals surface area contributed by atoms with Gasteiger partial charge in [0.05, 0.1) is 11.7 Å². The van der Waals surface area contributed by atoms with E-state index in [1.54, 1.807) is 31.5 Å². The maximum atomic E-state index is 13.0. The predicted molar refractivity (Wildman–Crippen MR) is 97.2 cm³/mol. The van der Waals surface area contributed by atoms with Crippen molar-refractivity contribution in [3.63, 3.8) is 0 Å². The van der Waals surface area contributed by atoms with Crippen LogP contribution in [0.25, 0.3) is 5.65 Å². The molecular formula is C19H21N5O2. The van der Waals surface area contributed by atoms with Crippen LogP contribution in [0.2, 0.25) is 0 Å². The van der Waals surface area contributed by atoms with E-state index in [-0.39, 0.29) is 17.5 Å². The molecule has 7 nitrogen and oxygen atoms in total. The Balaban J connectivity index is 1.75. The number of nitrogens with one attached hydrogen (secondary N) is 1. The third kappa shape index (κ3) is 2.69. The normalized spacial score (nSPS) is 17.6. The van der Waals surface area contributed by atoms with E-state index >= 15 is 0 Å². The number of aromatic amines is 1. The highest BCUT2D eigenvalue weighted by molar-refractivity contribution is 5.94. The number of piperidine rings is 1. The number of rotatable bonds is 2. The van der Waals surface area contributed by atoms with Crippen molar-refractivity contribution in [2.75, 3.05) is 6.54 Å². The Hall–Kier alpha value is -2.96. The Bertz CT molecular complexity index is 1020. The van der Waals surface area contributed by atoms with Crippen LogP contribution in [0.5, 0.6) is 0 Å². The highest BCUT2D eigenvalue weighted by Crippen LogP contribution is 2.31. The largest absolute Gasteiger partial charge is 0.330 e. The lowest BCUT2D eigenvalue weighted by Gasteiger charge is -2.35. The Morgan fingerprint density at radius 3 is 2.77 bits per heavy atom. The Labute approximate surface area is 150 Å². The molecule has 0 unspecified atom stereocenters. The fourth-order valence-corrected chi connectivity index (χ4v) is 3.57. The van der Waals surface area contributed by atoms with E-state index in [1.165, 1.54) is 4.52 Å². The highest BCUT2D eigenvalue weighted by atomic mass is 16.2. The van der Waals surface area contributed by atoms with Crippen LogP contribution in [0.3, 0.4) is 0 Å². The average Bonchev–Trinajstić information content (AvgIpc) is 3.10. The Kier molecular flexibility index (Phi) is 4.06. The zero-order valence-corrected chi connectivity index (χ0v) is 14.9. The first kappa shape index (κ1) is 16.5. The maximum absolute atomic E-state index is 13.0. The van der Waals surface area contributed by atoms with Gasteiger partial charge in [-0.05, 0) is 45.2 Å². The first-order valence-electron chi connectivity index (χ1n) is 8.86. The number of carbonyl (C=O) groups is 1. The first-order valence-corrected chi connectivity index (χ1v) is 8.86. The highest BCUT2D eigenvalue weighted by Gasteiger charge is 2.30. The van der Waals surface area contributed by atoms with Crippen LogP contribution in [-0.4, -0.2) is 36.9 Å². The van der Waals surface area contributed by atoms with E-state index in [2.05, 4.69) is 15.1 Å². The van der Waals surface area contributed by atoms with Gasteiger partial charge in [-0.2, -0.15) is 0 Å². The minimum atomic E-state index is -0.0958. The number of likely N-dealkylation sites (tertiary alicyclic amines) is 1. The van der Waals surface area contributed by atoms with Gasteiger partial charge in [0.1, 0.15) is 0 Å². The Morgan fingerprint density at radius 2 is 2.00 bits per heavy atom. The zero-order chi connectivity index (χ0) is 18.3. The summed E-state index contributed by atoms with van der Waals surface area (Å²) in [6.07, 6.45) is 6.13. The maximum Gasteiger partial charge on any atom is 0.275 e. The molecule has 0 radical (unpaired) electrons. The second-order valence-corrected chi connectivity index (χ2v) is 6.78. The second-order valence-electron chi connectivity index (χ2n) is 6.78. The van der Waals surface area contributed by atoms with Crippen LogP contribution in [0.1, 0.15) is 52.6 Å². The van der Waals surface area contributed by atoms with Crippen LogP contribution < -0.4 is 5.56 Å². The number of aromatic nitrogens is 4. The predicted octanol–water partition coefficient (Wildman–Crippen LogP) is 2.40. The number of aryl methyl sites for hydroxylation is 1. The van der Waals surface area contributed by atoms with Gasteiger partial charge in [-0.1, -0.05) is 0 Å². The van der Waals surface area contributed by atoms with Gasteiger partial charge in [0.15, 0.2) is 5.65 Å². The number of amides is 1. The smallest absolute Gasteiger partial charge is 0.275 e. The van der Waals surface area contributed by atoms with Gasteiger partial charge < -0.3 is 4.90 Å². The van der Waals surface area contributed by atoms with E-state index in [9.17, 15) is 9.59 Å². The molecule has 1 aliphatic heterocycles. The van der Waals surface area contributed by atoms with E-state index < -0.39 is 0 Å². The SMILES string of the molecule is Cc1nc2cc([C@@H]3CCCCN3C(=O)c3ccncc3)[nH]n2c(=O)c1C. The van der Waals surface area contributed by atoms with E-state index in [0.717, 1.165) is 30.7 Å². The summed E-state index contributed by atoms with van der Waals surface area (Å²) in [7, 11) is 0. The molecule has 0 saturated carbocycles. The molecule has 7 heteroatoms. The molecule has 0 aliphatic carbocycles. The third-order valence-corrected chi connectivity index (χ3v) is 5.15. The number of H-pyrrole nitrogens is 1. The number of carbonyl (C=O) groups excluding carboxylic acids is 1. The summed E-state index contributed by atoms with van der Waals surface area (Å²) in [6.45, 7) is 4.31. The van der Waals surface area contributed by atoms with Crippen molar-refractivity contribution in [3.05, 3.63) is 63.5 Å². The molecule has 3 aromatic rings. The van der Waals surface area contributed by atoms with Crippen LogP contribution in [0.4, 0.5) is 0 Å². The fraction of sp³-hybridized carbons (Fsp3) is 0.368. The number of pyridine rings is 1. The lowest BCUT2D eigenvalue weighted by atomic mass is 9.98. The molecule has 4 heterocycles. The summed E-state index contributed by atoms with van der Waals surface area (Å²) in [6, 6.07) is 5.26. The van der Waals surface area contributed by atoms with Crippen molar-refractivity contribution < 1.29 is 4.79 Å². The number of hydrogen-bond donors (Lipinski definition) is 1. The zero-order valence-electron chi connectivity index (χ0n) is 14.9. The monoisotopic (exact) mass is 351 g/mol. The lowest BCUT2D eigenvalue weighted by Crippen LogP contribution is -2.38. The fourth-order valence-electron chi connectivity index (χ4n) is 3.57. The van der Waals surface area contributed by atoms with Crippen molar-refractivity contribution in [3.8, 4) is 0 Å². The minimum Gasteiger partial charge on any atom is -0.330 e. The van der Waals surface area contributed by atoms with Gasteiger partial charge in [0.2, 0.25) is 0 Å². The molecule has 26 heavy (non-hydrogen) atoms. The van der Waals surface area contributed by atoms with Crippen LogP contribution in [0.15, 0.2) is 35.4 Å². The summed E-state index contributed by atoms with van der Waals surface area (Å²) in [5.74, 6) is -0.0107. The summed E-state index contributed by atoms with van der Waals surface area (Å²) in [5, 5.41) is 3.17. The molecule has 3 aromatic heterocycles. The molecule has 1 atom stereocenters. The molecule has 1 amide bonds. The average molecular weight is 351 g/mol. The van der Waals surface area contributed by atoms with Gasteiger partial charge >= 0.3 is 0 Å². The van der Waals surface area contributed by atoms with Gasteiger partial charge in [-0.25, -0.2) is 9.50 Å². The molecule has 134 valence electrons. The van der Waals surface area contributed by atoms with Crippen molar-refractivity contribution in [2.45, 2.75) is 39.2 Å². The van der Waals surface area contributed by atoms with Gasteiger partial charge in [-0.3, -0.25) is 19.7 Å². The molecule has 0 spiro atoms. The topological polar surface area (TPSA) is 83.4 Å². The number of hydrogen-bond acceptors (Lipinski definition) is 4. The molecule has 1 saturated heterocycles. The molecule has 1 aliphatic rings. The molecule has 0 aromatic carbocycles. The molecule has 0 bridgehead atoms. The summed E-state index contributed by atoms with van der Waals surface area (Å²) in [4.78, 5) is 35.8. The van der Waals surface area contributed by atoms with Gasteiger partial charge in [0, 0.05) is 41.8 Å². The van der Waals surface area contributed by atoms with Crippen molar-refractivity contribution in [2.24, 2.45) is 0 Å². The van der Waals surface area contributed by atoms with E-state index in [1.807, 2.05) is 17.9 Å². The van der Waals surface area contributed by atoms with Crippen molar-refractivity contribution in [1.29, 1.82) is 0 Å². The summed E-state index contributed by atoms with van der Waals surface area (Å²) < 4.78 is 1.47. The molecule has 1 fully saturated rings. The second kappa shape index (κ2) is 6.40. The summed E-state index contributed by atoms with van der Waals surface area (Å²) in [5.41, 5.74) is 3.33. The van der Waals surface area contributed by atoms with Crippen LogP contribution in [0, 0.1) is 13.8 Å². The Morgan fingerprint density at radius 1 is 1.23 bits per heavy atom.